The van der Waals surface area contributed by atoms with Gasteiger partial charge >= 0.3 is 0 Å². The molecule has 3 heteroatoms. The van der Waals surface area contributed by atoms with E-state index in [0.29, 0.717) is 10.2 Å². The Bertz CT molecular complexity index is 271. The van der Waals surface area contributed by atoms with E-state index < -0.39 is 0 Å². The molecule has 0 aliphatic heterocycles. The minimum Gasteiger partial charge on any atom is -0.507 e. The summed E-state index contributed by atoms with van der Waals surface area (Å²) >= 11 is 3.22. The van der Waals surface area contributed by atoms with Crippen LogP contribution in [0.2, 0.25) is 0 Å². The molecule has 0 atom stereocenters. The first-order valence-electron chi connectivity index (χ1n) is 3.19. The SMILES string of the molecule is COc1c(C)ccc(O)c1Br. The average Bonchev–Trinajstić information content (AvgIpc) is 1.99. The predicted molar refractivity (Wildman–Crippen MR) is 47.1 cm³/mol. The van der Waals surface area contributed by atoms with Gasteiger partial charge in [0.25, 0.3) is 0 Å². The second-order valence-corrected chi connectivity index (χ2v) is 3.04. The molecule has 0 bridgehead atoms. The molecular formula is C8H9BrO2. The number of rotatable bonds is 1. The zero-order valence-corrected chi connectivity index (χ0v) is 7.97. The third-order valence-electron chi connectivity index (χ3n) is 1.48. The van der Waals surface area contributed by atoms with Crippen LogP contribution in [-0.4, -0.2) is 12.2 Å². The van der Waals surface area contributed by atoms with Crippen LogP contribution in [0.15, 0.2) is 16.6 Å². The van der Waals surface area contributed by atoms with Crippen molar-refractivity contribution in [1.29, 1.82) is 0 Å². The van der Waals surface area contributed by atoms with Gasteiger partial charge in [-0.15, -0.1) is 0 Å². The van der Waals surface area contributed by atoms with Crippen LogP contribution < -0.4 is 4.74 Å². The van der Waals surface area contributed by atoms with Gasteiger partial charge in [0.05, 0.1) is 7.11 Å². The minimum atomic E-state index is 0.201. The summed E-state index contributed by atoms with van der Waals surface area (Å²) in [5.74, 6) is 0.887. The highest BCUT2D eigenvalue weighted by Crippen LogP contribution is 2.35. The van der Waals surface area contributed by atoms with Gasteiger partial charge in [-0.25, -0.2) is 0 Å². The van der Waals surface area contributed by atoms with Crippen LogP contribution in [0.5, 0.6) is 11.5 Å². The Labute approximate surface area is 73.9 Å². The molecule has 0 saturated heterocycles. The van der Waals surface area contributed by atoms with Crippen LogP contribution in [0, 0.1) is 6.92 Å². The lowest BCUT2D eigenvalue weighted by Crippen LogP contribution is -1.87. The first-order chi connectivity index (χ1) is 5.16. The molecule has 0 unspecified atom stereocenters. The first-order valence-corrected chi connectivity index (χ1v) is 3.98. The molecule has 0 fully saturated rings. The second kappa shape index (κ2) is 3.13. The molecule has 1 rings (SSSR count). The van der Waals surface area contributed by atoms with Gasteiger partial charge in [-0.05, 0) is 34.5 Å². The summed E-state index contributed by atoms with van der Waals surface area (Å²) in [4.78, 5) is 0. The Kier molecular flexibility index (Phi) is 2.39. The molecule has 0 radical (unpaired) electrons. The maximum Gasteiger partial charge on any atom is 0.139 e. The van der Waals surface area contributed by atoms with Gasteiger partial charge < -0.3 is 9.84 Å². The summed E-state index contributed by atoms with van der Waals surface area (Å²) in [5.41, 5.74) is 0.997. The predicted octanol–water partition coefficient (Wildman–Crippen LogP) is 2.47. The van der Waals surface area contributed by atoms with Crippen LogP contribution in [-0.2, 0) is 0 Å². The molecule has 1 aromatic carbocycles. The van der Waals surface area contributed by atoms with Crippen LogP contribution in [0.1, 0.15) is 5.56 Å². The number of benzene rings is 1. The third-order valence-corrected chi connectivity index (χ3v) is 2.24. The number of hydrogen-bond donors (Lipinski definition) is 1. The fraction of sp³-hybridized carbons (Fsp3) is 0.250. The standard InChI is InChI=1S/C8H9BrO2/c1-5-3-4-6(10)7(9)8(5)11-2/h3-4,10H,1-2H3. The maximum atomic E-state index is 9.23. The van der Waals surface area contributed by atoms with E-state index in [1.165, 1.54) is 0 Å². The van der Waals surface area contributed by atoms with Crippen LogP contribution in [0.25, 0.3) is 0 Å². The van der Waals surface area contributed by atoms with E-state index >= 15 is 0 Å². The van der Waals surface area contributed by atoms with E-state index in [9.17, 15) is 5.11 Å². The van der Waals surface area contributed by atoms with Crippen molar-refractivity contribution in [2.75, 3.05) is 7.11 Å². The van der Waals surface area contributed by atoms with Crippen LogP contribution in [0.4, 0.5) is 0 Å². The summed E-state index contributed by atoms with van der Waals surface area (Å²) in [6.07, 6.45) is 0. The van der Waals surface area contributed by atoms with E-state index in [2.05, 4.69) is 15.9 Å². The molecule has 2 nitrogen and oxygen atoms in total. The number of hydrogen-bond acceptors (Lipinski definition) is 2. The smallest absolute Gasteiger partial charge is 0.139 e. The third kappa shape index (κ3) is 1.48. The molecule has 1 aromatic rings. The van der Waals surface area contributed by atoms with Gasteiger partial charge in [0.2, 0.25) is 0 Å². The maximum absolute atomic E-state index is 9.23. The Morgan fingerprint density at radius 3 is 2.55 bits per heavy atom. The van der Waals surface area contributed by atoms with E-state index in [-0.39, 0.29) is 5.75 Å². The summed E-state index contributed by atoms with van der Waals surface area (Å²) in [6, 6.07) is 3.43. The Balaban J connectivity index is 3.29. The molecule has 0 heterocycles. The number of aryl methyl sites for hydroxylation is 1. The zero-order valence-electron chi connectivity index (χ0n) is 6.39. The van der Waals surface area contributed by atoms with E-state index in [4.69, 9.17) is 4.74 Å². The van der Waals surface area contributed by atoms with Crippen molar-refractivity contribution < 1.29 is 9.84 Å². The summed E-state index contributed by atoms with van der Waals surface area (Å²) < 4.78 is 5.66. The van der Waals surface area contributed by atoms with Gasteiger partial charge in [-0.1, -0.05) is 6.07 Å². The van der Waals surface area contributed by atoms with Gasteiger partial charge in [0.1, 0.15) is 16.0 Å². The van der Waals surface area contributed by atoms with E-state index in [1.54, 1.807) is 19.2 Å². The largest absolute Gasteiger partial charge is 0.507 e. The molecule has 0 aromatic heterocycles. The lowest BCUT2D eigenvalue weighted by Gasteiger charge is -2.07. The zero-order chi connectivity index (χ0) is 8.43. The molecule has 0 saturated carbocycles. The summed E-state index contributed by atoms with van der Waals surface area (Å²) in [6.45, 7) is 1.92. The van der Waals surface area contributed by atoms with E-state index in [1.807, 2.05) is 6.92 Å². The van der Waals surface area contributed by atoms with Crippen molar-refractivity contribution in [3.8, 4) is 11.5 Å². The van der Waals surface area contributed by atoms with E-state index in [0.717, 1.165) is 5.56 Å². The van der Waals surface area contributed by atoms with Gasteiger partial charge in [-0.2, -0.15) is 0 Å². The lowest BCUT2D eigenvalue weighted by molar-refractivity contribution is 0.400. The van der Waals surface area contributed by atoms with Crippen molar-refractivity contribution in [2.45, 2.75) is 6.92 Å². The Morgan fingerprint density at radius 2 is 2.09 bits per heavy atom. The monoisotopic (exact) mass is 216 g/mol. The highest BCUT2D eigenvalue weighted by molar-refractivity contribution is 9.10. The fourth-order valence-electron chi connectivity index (χ4n) is 0.893. The Morgan fingerprint density at radius 1 is 1.45 bits per heavy atom. The van der Waals surface area contributed by atoms with Gasteiger partial charge in [0.15, 0.2) is 0 Å². The normalized spacial score (nSPS) is 9.73. The Hall–Kier alpha value is -0.700. The van der Waals surface area contributed by atoms with Crippen molar-refractivity contribution in [2.24, 2.45) is 0 Å². The molecule has 0 spiro atoms. The second-order valence-electron chi connectivity index (χ2n) is 2.25. The molecule has 11 heavy (non-hydrogen) atoms. The molecular weight excluding hydrogens is 208 g/mol. The van der Waals surface area contributed by atoms with Crippen molar-refractivity contribution >= 4 is 15.9 Å². The first kappa shape index (κ1) is 8.40. The highest BCUT2D eigenvalue weighted by atomic mass is 79.9. The number of methoxy groups -OCH3 is 1. The molecule has 0 amide bonds. The van der Waals surface area contributed by atoms with Crippen LogP contribution in [0.3, 0.4) is 0 Å². The molecule has 60 valence electrons. The fourth-order valence-corrected chi connectivity index (χ4v) is 1.50. The van der Waals surface area contributed by atoms with Gasteiger partial charge in [0, 0.05) is 0 Å². The number of halogens is 1. The summed E-state index contributed by atoms with van der Waals surface area (Å²) in [5, 5.41) is 9.23. The van der Waals surface area contributed by atoms with Gasteiger partial charge in [-0.3, -0.25) is 0 Å². The topological polar surface area (TPSA) is 29.5 Å². The molecule has 1 N–H and O–H groups in total. The molecule has 0 aliphatic carbocycles. The lowest BCUT2D eigenvalue weighted by atomic mass is 10.2. The summed E-state index contributed by atoms with van der Waals surface area (Å²) in [7, 11) is 1.58. The number of aromatic hydroxyl groups is 1. The number of phenols is 1. The highest BCUT2D eigenvalue weighted by Gasteiger charge is 2.07. The van der Waals surface area contributed by atoms with Crippen LogP contribution >= 0.6 is 15.9 Å². The van der Waals surface area contributed by atoms with Crippen molar-refractivity contribution in [3.63, 3.8) is 0 Å². The quantitative estimate of drug-likeness (QED) is 0.782. The number of ether oxygens (including phenoxy) is 1. The minimum absolute atomic E-state index is 0.201. The average molecular weight is 217 g/mol. The van der Waals surface area contributed by atoms with Crippen molar-refractivity contribution in [1.82, 2.24) is 0 Å². The van der Waals surface area contributed by atoms with Crippen molar-refractivity contribution in [3.05, 3.63) is 22.2 Å². The molecule has 0 aliphatic rings. The number of phenolic OH excluding ortho intramolecular Hbond substituents is 1.